The van der Waals surface area contributed by atoms with Gasteiger partial charge in [-0.2, -0.15) is 0 Å². The second-order valence-corrected chi connectivity index (χ2v) is 12.4. The van der Waals surface area contributed by atoms with Crippen LogP contribution >= 0.6 is 11.6 Å². The third-order valence-electron chi connectivity index (χ3n) is 4.47. The van der Waals surface area contributed by atoms with Gasteiger partial charge in [0, 0.05) is 18.3 Å². The van der Waals surface area contributed by atoms with Gasteiger partial charge in [0.05, 0.1) is 18.0 Å². The summed E-state index contributed by atoms with van der Waals surface area (Å²) in [6.07, 6.45) is 3.59. The molecule has 2 aromatic heterocycles. The first kappa shape index (κ1) is 18.1. The molecule has 0 aromatic carbocycles. The number of pyridine rings is 2. The van der Waals surface area contributed by atoms with E-state index in [9.17, 15) is 0 Å². The second-order valence-electron chi connectivity index (χ2n) is 7.28. The van der Waals surface area contributed by atoms with Crippen molar-refractivity contribution in [2.75, 3.05) is 0 Å². The van der Waals surface area contributed by atoms with E-state index in [-0.39, 0.29) is 5.04 Å². The Balaban J connectivity index is 2.17. The highest BCUT2D eigenvalue weighted by Gasteiger charge is 2.37. The van der Waals surface area contributed by atoms with Gasteiger partial charge in [0.1, 0.15) is 0 Å². The predicted octanol–water partition coefficient (Wildman–Crippen LogP) is 5.40. The first-order valence-electron chi connectivity index (χ1n) is 7.83. The molecule has 0 fully saturated rings. The number of nitrogens with zero attached hydrogens (tertiary/aromatic N) is 2. The van der Waals surface area contributed by atoms with E-state index in [1.807, 2.05) is 30.5 Å². The van der Waals surface area contributed by atoms with Crippen molar-refractivity contribution in [3.05, 3.63) is 47.8 Å². The quantitative estimate of drug-likeness (QED) is 0.535. The van der Waals surface area contributed by atoms with E-state index in [0.29, 0.717) is 12.5 Å². The minimum atomic E-state index is -1.75. The average Bonchev–Trinajstić information content (AvgIpc) is 2.52. The Morgan fingerprint density at radius 3 is 2.04 bits per heavy atom. The first-order chi connectivity index (χ1) is 10.7. The van der Waals surface area contributed by atoms with Gasteiger partial charge < -0.3 is 4.43 Å². The van der Waals surface area contributed by atoms with Gasteiger partial charge in [0.15, 0.2) is 8.32 Å². The van der Waals surface area contributed by atoms with Gasteiger partial charge in [-0.25, -0.2) is 0 Å². The molecule has 0 saturated carbocycles. The maximum Gasteiger partial charge on any atom is 0.192 e. The van der Waals surface area contributed by atoms with E-state index in [1.165, 1.54) is 0 Å². The van der Waals surface area contributed by atoms with Crippen molar-refractivity contribution in [2.45, 2.75) is 51.4 Å². The SMILES string of the molecule is CC(C)(C)[Si](C)(C)OCc1ccnc(-c2cc(CCl)ccn2)c1. The Morgan fingerprint density at radius 2 is 1.52 bits per heavy atom. The molecule has 0 aliphatic heterocycles. The summed E-state index contributed by atoms with van der Waals surface area (Å²) in [5.41, 5.74) is 3.87. The van der Waals surface area contributed by atoms with Crippen molar-refractivity contribution in [2.24, 2.45) is 0 Å². The Bertz CT molecular complexity index is 668. The van der Waals surface area contributed by atoms with Crippen molar-refractivity contribution >= 4 is 19.9 Å². The van der Waals surface area contributed by atoms with Gasteiger partial charge in [-0.1, -0.05) is 20.8 Å². The van der Waals surface area contributed by atoms with E-state index in [0.717, 1.165) is 22.5 Å². The molecule has 124 valence electrons. The zero-order valence-electron chi connectivity index (χ0n) is 14.6. The molecule has 0 amide bonds. The van der Waals surface area contributed by atoms with Crippen LogP contribution in [0.5, 0.6) is 0 Å². The van der Waals surface area contributed by atoms with Gasteiger partial charge >= 0.3 is 0 Å². The van der Waals surface area contributed by atoms with Crippen LogP contribution < -0.4 is 0 Å². The van der Waals surface area contributed by atoms with E-state index >= 15 is 0 Å². The summed E-state index contributed by atoms with van der Waals surface area (Å²) < 4.78 is 6.29. The minimum absolute atomic E-state index is 0.207. The molecule has 0 aliphatic rings. The third kappa shape index (κ3) is 4.63. The first-order valence-corrected chi connectivity index (χ1v) is 11.3. The molecule has 0 unspecified atom stereocenters. The standard InChI is InChI=1S/C18H25ClN2OSi/c1-18(2,3)23(4,5)22-13-15-7-9-21-17(11-15)16-10-14(12-19)6-8-20-16/h6-11H,12-13H2,1-5H3. The summed E-state index contributed by atoms with van der Waals surface area (Å²) >= 11 is 5.90. The number of rotatable bonds is 5. The van der Waals surface area contributed by atoms with Crippen LogP contribution in [-0.2, 0) is 16.9 Å². The molecule has 5 heteroatoms. The van der Waals surface area contributed by atoms with E-state index < -0.39 is 8.32 Å². The van der Waals surface area contributed by atoms with Crippen LogP contribution in [0.4, 0.5) is 0 Å². The third-order valence-corrected chi connectivity index (χ3v) is 9.26. The van der Waals surface area contributed by atoms with E-state index in [2.05, 4.69) is 43.8 Å². The molecule has 0 N–H and O–H groups in total. The van der Waals surface area contributed by atoms with Gasteiger partial charge in [-0.3, -0.25) is 9.97 Å². The largest absolute Gasteiger partial charge is 0.413 e. The minimum Gasteiger partial charge on any atom is -0.413 e. The molecule has 3 nitrogen and oxygen atoms in total. The second kappa shape index (κ2) is 7.12. The van der Waals surface area contributed by atoms with Gasteiger partial charge in [0.25, 0.3) is 0 Å². The molecule has 0 aliphatic carbocycles. The molecule has 2 heterocycles. The van der Waals surface area contributed by atoms with Crippen LogP contribution in [0.15, 0.2) is 36.7 Å². The molecular weight excluding hydrogens is 324 g/mol. The highest BCUT2D eigenvalue weighted by molar-refractivity contribution is 6.74. The molecule has 0 saturated heterocycles. The van der Waals surface area contributed by atoms with Gasteiger partial charge in [-0.15, -0.1) is 11.6 Å². The lowest BCUT2D eigenvalue weighted by atomic mass is 10.1. The van der Waals surface area contributed by atoms with Crippen LogP contribution in [0.2, 0.25) is 18.1 Å². The zero-order chi connectivity index (χ0) is 17.1. The van der Waals surface area contributed by atoms with Crippen molar-refractivity contribution in [3.8, 4) is 11.4 Å². The van der Waals surface area contributed by atoms with Crippen molar-refractivity contribution in [1.82, 2.24) is 9.97 Å². The maximum absolute atomic E-state index is 6.29. The Hall–Kier alpha value is -1.23. The smallest absolute Gasteiger partial charge is 0.192 e. The number of halogens is 1. The fraction of sp³-hybridized carbons (Fsp3) is 0.444. The molecule has 0 bridgehead atoms. The van der Waals surface area contributed by atoms with E-state index in [4.69, 9.17) is 16.0 Å². The predicted molar refractivity (Wildman–Crippen MR) is 99.0 cm³/mol. The summed E-state index contributed by atoms with van der Waals surface area (Å²) in [6.45, 7) is 11.9. The van der Waals surface area contributed by atoms with Crippen molar-refractivity contribution in [3.63, 3.8) is 0 Å². The molecular formula is C18H25ClN2OSi. The Morgan fingerprint density at radius 1 is 1.00 bits per heavy atom. The molecule has 0 radical (unpaired) electrons. The highest BCUT2D eigenvalue weighted by Crippen LogP contribution is 2.37. The van der Waals surface area contributed by atoms with E-state index in [1.54, 1.807) is 6.20 Å². The number of aromatic nitrogens is 2. The zero-order valence-corrected chi connectivity index (χ0v) is 16.3. The summed E-state index contributed by atoms with van der Waals surface area (Å²) in [5, 5.41) is 0.207. The fourth-order valence-electron chi connectivity index (χ4n) is 1.88. The maximum atomic E-state index is 6.29. The normalized spacial score (nSPS) is 12.4. The monoisotopic (exact) mass is 348 g/mol. The average molecular weight is 349 g/mol. The number of hydrogen-bond acceptors (Lipinski definition) is 3. The topological polar surface area (TPSA) is 35.0 Å². The van der Waals surface area contributed by atoms with Crippen LogP contribution in [-0.4, -0.2) is 18.3 Å². The van der Waals surface area contributed by atoms with Crippen molar-refractivity contribution in [1.29, 1.82) is 0 Å². The van der Waals surface area contributed by atoms with Crippen molar-refractivity contribution < 1.29 is 4.43 Å². The highest BCUT2D eigenvalue weighted by atomic mass is 35.5. The van der Waals surface area contributed by atoms with Crippen LogP contribution in [0, 0.1) is 0 Å². The Labute approximate surface area is 145 Å². The van der Waals surface area contributed by atoms with Gasteiger partial charge in [-0.05, 0) is 53.5 Å². The molecule has 2 aromatic rings. The number of hydrogen-bond donors (Lipinski definition) is 0. The lowest BCUT2D eigenvalue weighted by molar-refractivity contribution is 0.276. The molecule has 23 heavy (non-hydrogen) atoms. The van der Waals surface area contributed by atoms with Crippen LogP contribution in [0.1, 0.15) is 31.9 Å². The lowest BCUT2D eigenvalue weighted by Gasteiger charge is -2.36. The molecule has 0 spiro atoms. The molecule has 2 rings (SSSR count). The number of alkyl halides is 1. The van der Waals surface area contributed by atoms with Gasteiger partial charge in [0.2, 0.25) is 0 Å². The summed E-state index contributed by atoms with van der Waals surface area (Å²) in [7, 11) is -1.75. The van der Waals surface area contributed by atoms with Crippen LogP contribution in [0.25, 0.3) is 11.4 Å². The fourth-order valence-corrected chi connectivity index (χ4v) is 3.01. The van der Waals surface area contributed by atoms with Crippen LogP contribution in [0.3, 0.4) is 0 Å². The molecule has 0 atom stereocenters. The summed E-state index contributed by atoms with van der Waals surface area (Å²) in [5.74, 6) is 0.476. The lowest BCUT2D eigenvalue weighted by Crippen LogP contribution is -2.40. The Kier molecular flexibility index (Phi) is 5.60. The summed E-state index contributed by atoms with van der Waals surface area (Å²) in [4.78, 5) is 8.82. The summed E-state index contributed by atoms with van der Waals surface area (Å²) in [6, 6.07) is 7.95.